The van der Waals surface area contributed by atoms with Crippen LogP contribution < -0.4 is 25.2 Å². The van der Waals surface area contributed by atoms with Gasteiger partial charge >= 0.3 is 0 Å². The highest BCUT2D eigenvalue weighted by atomic mass is 16.5. The topological polar surface area (TPSA) is 73.9 Å². The minimum Gasteiger partial charge on any atom is -0.482 e. The molecule has 1 aromatic rings. The van der Waals surface area contributed by atoms with Crippen molar-refractivity contribution in [2.45, 2.75) is 0 Å². The zero-order chi connectivity index (χ0) is 15.5. The third kappa shape index (κ3) is 2.85. The summed E-state index contributed by atoms with van der Waals surface area (Å²) in [5.41, 5.74) is 1.70. The van der Waals surface area contributed by atoms with Gasteiger partial charge in [-0.05, 0) is 18.2 Å². The molecule has 2 amide bonds. The molecule has 1 saturated heterocycles. The van der Waals surface area contributed by atoms with Crippen LogP contribution in [0.5, 0.6) is 5.75 Å². The lowest BCUT2D eigenvalue weighted by Crippen LogP contribution is -2.45. The van der Waals surface area contributed by atoms with Crippen molar-refractivity contribution < 1.29 is 14.3 Å². The molecule has 2 heterocycles. The molecule has 0 unspecified atom stereocenters. The number of piperazine rings is 1. The summed E-state index contributed by atoms with van der Waals surface area (Å²) in [4.78, 5) is 27.5. The van der Waals surface area contributed by atoms with E-state index in [4.69, 9.17) is 4.74 Å². The molecule has 2 aliphatic rings. The van der Waals surface area contributed by atoms with Crippen molar-refractivity contribution in [1.82, 2.24) is 10.6 Å². The molecular weight excluding hydrogens is 284 g/mol. The maximum absolute atomic E-state index is 12.1. The smallest absolute Gasteiger partial charge is 0.265 e. The molecule has 0 aromatic heterocycles. The van der Waals surface area contributed by atoms with Gasteiger partial charge in [0, 0.05) is 38.9 Å². The molecule has 0 spiro atoms. The molecule has 0 bridgehead atoms. The zero-order valence-corrected chi connectivity index (χ0v) is 12.6. The Balaban J connectivity index is 1.90. The standard InChI is InChI=1S/C15H20N4O3/c1-16-14(20)9-19-12-8-11(18-6-4-17-5-7-18)2-3-13(12)22-10-15(19)21/h2-3,8,17H,4-7,9-10H2,1H3,(H,16,20). The SMILES string of the molecule is CNC(=O)CN1C(=O)COc2ccc(N3CCNCC3)cc21. The number of nitrogens with zero attached hydrogens (tertiary/aromatic N) is 2. The molecule has 3 rings (SSSR count). The number of carbonyl (C=O) groups is 2. The van der Waals surface area contributed by atoms with E-state index in [1.807, 2.05) is 18.2 Å². The second-order valence-electron chi connectivity index (χ2n) is 5.33. The number of ether oxygens (including phenoxy) is 1. The number of carbonyl (C=O) groups excluding carboxylic acids is 2. The van der Waals surface area contributed by atoms with Crippen molar-refractivity contribution in [1.29, 1.82) is 0 Å². The largest absolute Gasteiger partial charge is 0.482 e. The van der Waals surface area contributed by atoms with E-state index in [9.17, 15) is 9.59 Å². The fourth-order valence-electron chi connectivity index (χ4n) is 2.71. The van der Waals surface area contributed by atoms with Crippen LogP contribution >= 0.6 is 0 Å². The van der Waals surface area contributed by atoms with Gasteiger partial charge < -0.3 is 20.3 Å². The number of rotatable bonds is 3. The van der Waals surface area contributed by atoms with Crippen molar-refractivity contribution in [2.24, 2.45) is 0 Å². The van der Waals surface area contributed by atoms with Crippen LogP contribution in [-0.4, -0.2) is 58.2 Å². The number of fused-ring (bicyclic) bond motifs is 1. The molecule has 7 nitrogen and oxygen atoms in total. The first-order valence-corrected chi connectivity index (χ1v) is 7.42. The molecule has 1 aromatic carbocycles. The van der Waals surface area contributed by atoms with Gasteiger partial charge in [0.25, 0.3) is 5.91 Å². The number of hydrogen-bond donors (Lipinski definition) is 2. The fraction of sp³-hybridized carbons (Fsp3) is 0.467. The summed E-state index contributed by atoms with van der Waals surface area (Å²) in [6.07, 6.45) is 0. The minimum absolute atomic E-state index is 0.0106. The molecule has 0 radical (unpaired) electrons. The molecule has 2 aliphatic heterocycles. The van der Waals surface area contributed by atoms with E-state index in [0.717, 1.165) is 31.9 Å². The first kappa shape index (κ1) is 14.6. The molecule has 2 N–H and O–H groups in total. The van der Waals surface area contributed by atoms with Gasteiger partial charge in [-0.25, -0.2) is 0 Å². The van der Waals surface area contributed by atoms with Gasteiger partial charge in [-0.3, -0.25) is 14.5 Å². The molecule has 22 heavy (non-hydrogen) atoms. The van der Waals surface area contributed by atoms with Crippen LogP contribution in [0.4, 0.5) is 11.4 Å². The van der Waals surface area contributed by atoms with Crippen LogP contribution in [-0.2, 0) is 9.59 Å². The summed E-state index contributed by atoms with van der Waals surface area (Å²) in [7, 11) is 1.56. The first-order valence-electron chi connectivity index (χ1n) is 7.42. The Morgan fingerprint density at radius 2 is 2.14 bits per heavy atom. The third-order valence-corrected chi connectivity index (χ3v) is 3.95. The van der Waals surface area contributed by atoms with Crippen molar-refractivity contribution in [2.75, 3.05) is 56.2 Å². The van der Waals surface area contributed by atoms with Gasteiger partial charge in [-0.2, -0.15) is 0 Å². The van der Waals surface area contributed by atoms with Crippen LogP contribution in [0.3, 0.4) is 0 Å². The summed E-state index contributed by atoms with van der Waals surface area (Å²) in [5.74, 6) is 0.240. The molecular formula is C15H20N4O3. The van der Waals surface area contributed by atoms with Crippen LogP contribution in [0.2, 0.25) is 0 Å². The lowest BCUT2D eigenvalue weighted by atomic mass is 10.1. The Kier molecular flexibility index (Phi) is 4.15. The monoisotopic (exact) mass is 304 g/mol. The number of benzene rings is 1. The molecule has 0 saturated carbocycles. The van der Waals surface area contributed by atoms with Crippen molar-refractivity contribution in [3.8, 4) is 5.75 Å². The third-order valence-electron chi connectivity index (χ3n) is 3.95. The van der Waals surface area contributed by atoms with E-state index in [0.29, 0.717) is 11.4 Å². The van der Waals surface area contributed by atoms with Crippen LogP contribution in [0, 0.1) is 0 Å². The average Bonchev–Trinajstić information content (AvgIpc) is 2.57. The average molecular weight is 304 g/mol. The summed E-state index contributed by atoms with van der Waals surface area (Å²) in [5, 5.41) is 5.86. The van der Waals surface area contributed by atoms with Gasteiger partial charge in [0.2, 0.25) is 5.91 Å². The Morgan fingerprint density at radius 1 is 1.36 bits per heavy atom. The second-order valence-corrected chi connectivity index (χ2v) is 5.33. The Hall–Kier alpha value is -2.28. The summed E-state index contributed by atoms with van der Waals surface area (Å²) < 4.78 is 5.47. The van der Waals surface area contributed by atoms with E-state index in [2.05, 4.69) is 15.5 Å². The summed E-state index contributed by atoms with van der Waals surface area (Å²) in [6, 6.07) is 5.80. The number of nitrogens with one attached hydrogen (secondary N) is 2. The van der Waals surface area contributed by atoms with Gasteiger partial charge in [0.05, 0.1) is 5.69 Å². The Labute approximate surface area is 129 Å². The van der Waals surface area contributed by atoms with Crippen LogP contribution in [0.15, 0.2) is 18.2 Å². The highest BCUT2D eigenvalue weighted by Crippen LogP contribution is 2.35. The van der Waals surface area contributed by atoms with Crippen molar-refractivity contribution in [3.05, 3.63) is 18.2 Å². The molecule has 0 aliphatic carbocycles. The van der Waals surface area contributed by atoms with Crippen molar-refractivity contribution >= 4 is 23.2 Å². The van der Waals surface area contributed by atoms with Gasteiger partial charge in [0.15, 0.2) is 6.61 Å². The Bertz CT molecular complexity index is 584. The molecule has 7 heteroatoms. The number of likely N-dealkylation sites (N-methyl/N-ethyl adjacent to an activating group) is 1. The summed E-state index contributed by atoms with van der Waals surface area (Å²) in [6.45, 7) is 3.70. The number of anilines is 2. The Morgan fingerprint density at radius 3 is 2.86 bits per heavy atom. The van der Waals surface area contributed by atoms with E-state index in [1.54, 1.807) is 7.05 Å². The van der Waals surface area contributed by atoms with Gasteiger partial charge in [-0.1, -0.05) is 0 Å². The van der Waals surface area contributed by atoms with Gasteiger partial charge in [-0.15, -0.1) is 0 Å². The zero-order valence-electron chi connectivity index (χ0n) is 12.6. The molecule has 118 valence electrons. The van der Waals surface area contributed by atoms with Crippen LogP contribution in [0.1, 0.15) is 0 Å². The quantitative estimate of drug-likeness (QED) is 0.792. The fourth-order valence-corrected chi connectivity index (χ4v) is 2.71. The lowest BCUT2D eigenvalue weighted by Gasteiger charge is -2.33. The van der Waals surface area contributed by atoms with E-state index in [1.165, 1.54) is 4.90 Å². The molecule has 0 atom stereocenters. The van der Waals surface area contributed by atoms with Crippen molar-refractivity contribution in [3.63, 3.8) is 0 Å². The predicted molar refractivity (Wildman–Crippen MR) is 83.4 cm³/mol. The first-order chi connectivity index (χ1) is 10.7. The minimum atomic E-state index is -0.200. The van der Waals surface area contributed by atoms with E-state index in [-0.39, 0.29) is 25.0 Å². The maximum Gasteiger partial charge on any atom is 0.265 e. The van der Waals surface area contributed by atoms with Crippen LogP contribution in [0.25, 0.3) is 0 Å². The predicted octanol–water partition coefficient (Wildman–Crippen LogP) is -0.432. The molecule has 1 fully saturated rings. The number of hydrogen-bond acceptors (Lipinski definition) is 5. The van der Waals surface area contributed by atoms with E-state index < -0.39 is 0 Å². The summed E-state index contributed by atoms with van der Waals surface area (Å²) >= 11 is 0. The van der Waals surface area contributed by atoms with Gasteiger partial charge in [0.1, 0.15) is 12.3 Å². The highest BCUT2D eigenvalue weighted by molar-refractivity contribution is 6.02. The normalized spacial score (nSPS) is 17.8. The highest BCUT2D eigenvalue weighted by Gasteiger charge is 2.28. The lowest BCUT2D eigenvalue weighted by molar-refractivity contribution is -0.125. The number of amides is 2. The van der Waals surface area contributed by atoms with E-state index >= 15 is 0 Å². The maximum atomic E-state index is 12.1. The second kappa shape index (κ2) is 6.23.